The number of benzene rings is 1. The van der Waals surface area contributed by atoms with E-state index < -0.39 is 17.4 Å². The highest BCUT2D eigenvalue weighted by Gasteiger charge is 2.78. The zero-order valence-corrected chi connectivity index (χ0v) is 13.2. The Morgan fingerprint density at radius 2 is 1.52 bits per heavy atom. The second kappa shape index (κ2) is 4.00. The molecule has 4 bridgehead atoms. The van der Waals surface area contributed by atoms with Gasteiger partial charge in [-0.15, -0.1) is 0 Å². The van der Waals surface area contributed by atoms with Crippen molar-refractivity contribution in [3.63, 3.8) is 0 Å². The number of fused-ring (bicyclic) bond motifs is 1. The van der Waals surface area contributed by atoms with Crippen molar-refractivity contribution < 1.29 is 19.2 Å². The van der Waals surface area contributed by atoms with Crippen LogP contribution in [0.15, 0.2) is 24.3 Å². The zero-order valence-electron chi connectivity index (χ0n) is 12.4. The lowest BCUT2D eigenvalue weighted by atomic mass is 9.62. The number of hydrogen-bond acceptors (Lipinski definition) is 4. The molecule has 2 atom stereocenters. The van der Waals surface area contributed by atoms with Crippen LogP contribution in [0.2, 0.25) is 5.02 Å². The first kappa shape index (κ1) is 14.0. The van der Waals surface area contributed by atoms with E-state index >= 15 is 0 Å². The molecule has 4 heterocycles. The lowest BCUT2D eigenvalue weighted by Gasteiger charge is -2.60. The predicted molar refractivity (Wildman–Crippen MR) is 76.4 cm³/mol. The fourth-order valence-electron chi connectivity index (χ4n) is 4.16. The SMILES string of the molecule is CC12CCC3(Cc4ccc(Cl)cc4)C(C)(OOC3(C)O1)O2. The Morgan fingerprint density at radius 3 is 2.10 bits per heavy atom. The zero-order chi connectivity index (χ0) is 14.9. The maximum absolute atomic E-state index is 6.12. The largest absolute Gasteiger partial charge is 0.315 e. The van der Waals surface area contributed by atoms with Gasteiger partial charge in [0.05, 0.1) is 5.41 Å². The van der Waals surface area contributed by atoms with Crippen LogP contribution in [0.25, 0.3) is 0 Å². The van der Waals surface area contributed by atoms with Gasteiger partial charge in [0.25, 0.3) is 0 Å². The molecule has 0 amide bonds. The maximum Gasteiger partial charge on any atom is 0.213 e. The molecule has 0 aliphatic carbocycles. The fourth-order valence-corrected chi connectivity index (χ4v) is 4.29. The minimum Gasteiger partial charge on any atom is -0.315 e. The quantitative estimate of drug-likeness (QED) is 0.778. The molecule has 1 aromatic rings. The van der Waals surface area contributed by atoms with Gasteiger partial charge in [0.1, 0.15) is 0 Å². The smallest absolute Gasteiger partial charge is 0.213 e. The fraction of sp³-hybridized carbons (Fsp3) is 0.625. The van der Waals surface area contributed by atoms with Gasteiger partial charge in [-0.2, -0.15) is 9.78 Å². The molecule has 4 aliphatic heterocycles. The molecule has 0 spiro atoms. The van der Waals surface area contributed by atoms with Crippen molar-refractivity contribution >= 4 is 11.6 Å². The Labute approximate surface area is 129 Å². The van der Waals surface area contributed by atoms with Crippen molar-refractivity contribution in [3.8, 4) is 0 Å². The molecular formula is C16H19ClO4. The normalized spacial score (nSPS) is 47.8. The summed E-state index contributed by atoms with van der Waals surface area (Å²) in [6, 6.07) is 7.87. The predicted octanol–water partition coefficient (Wildman–Crippen LogP) is 3.82. The standard InChI is InChI=1S/C16H19ClO4/c1-13-8-9-16(10-11-4-6-12(17)7-5-11)14(2,18-13)20-21-15(16,3)19-13/h4-7H,8-10H2,1-3H3. The van der Waals surface area contributed by atoms with Crippen LogP contribution in [0.5, 0.6) is 0 Å². The van der Waals surface area contributed by atoms with Crippen LogP contribution >= 0.6 is 11.6 Å². The van der Waals surface area contributed by atoms with Crippen molar-refractivity contribution in [3.05, 3.63) is 34.9 Å². The third kappa shape index (κ3) is 1.71. The molecule has 114 valence electrons. The number of hydrogen-bond donors (Lipinski definition) is 0. The molecule has 4 fully saturated rings. The molecule has 21 heavy (non-hydrogen) atoms. The number of halogens is 1. The van der Waals surface area contributed by atoms with Crippen LogP contribution in [0.3, 0.4) is 0 Å². The van der Waals surface area contributed by atoms with Gasteiger partial charge in [-0.3, -0.25) is 0 Å². The topological polar surface area (TPSA) is 36.9 Å². The summed E-state index contributed by atoms with van der Waals surface area (Å²) in [5, 5.41) is 0.733. The van der Waals surface area contributed by atoms with Gasteiger partial charge < -0.3 is 9.47 Å². The summed E-state index contributed by atoms with van der Waals surface area (Å²) in [4.78, 5) is 11.2. The molecule has 0 aromatic heterocycles. The summed E-state index contributed by atoms with van der Waals surface area (Å²) in [7, 11) is 0. The van der Waals surface area contributed by atoms with E-state index in [0.29, 0.717) is 0 Å². The molecule has 5 rings (SSSR count). The second-order valence-electron chi connectivity index (χ2n) is 6.78. The summed E-state index contributed by atoms with van der Waals surface area (Å²) in [6.45, 7) is 5.86. The summed E-state index contributed by atoms with van der Waals surface area (Å²) in [5.74, 6) is -2.24. The van der Waals surface area contributed by atoms with Crippen LogP contribution in [0.1, 0.15) is 39.2 Å². The first-order valence-electron chi connectivity index (χ1n) is 7.32. The van der Waals surface area contributed by atoms with E-state index in [1.165, 1.54) is 5.56 Å². The van der Waals surface area contributed by atoms with Crippen molar-refractivity contribution in [1.82, 2.24) is 0 Å². The minimum atomic E-state index is -0.799. The Bertz CT molecular complexity index is 566. The Hall–Kier alpha value is -0.650. The Morgan fingerprint density at radius 1 is 0.952 bits per heavy atom. The van der Waals surface area contributed by atoms with E-state index in [9.17, 15) is 0 Å². The van der Waals surface area contributed by atoms with Gasteiger partial charge in [0.15, 0.2) is 5.79 Å². The number of ether oxygens (including phenoxy) is 2. The number of rotatable bonds is 2. The summed E-state index contributed by atoms with van der Waals surface area (Å²) in [6.07, 6.45) is 2.52. The van der Waals surface area contributed by atoms with Gasteiger partial charge in [-0.25, -0.2) is 0 Å². The van der Waals surface area contributed by atoms with E-state index in [0.717, 1.165) is 24.3 Å². The van der Waals surface area contributed by atoms with Crippen molar-refractivity contribution in [1.29, 1.82) is 0 Å². The van der Waals surface area contributed by atoms with Gasteiger partial charge in [0.2, 0.25) is 11.6 Å². The lowest BCUT2D eigenvalue weighted by Crippen LogP contribution is -2.71. The Balaban J connectivity index is 1.76. The van der Waals surface area contributed by atoms with Crippen molar-refractivity contribution in [2.75, 3.05) is 0 Å². The molecule has 0 radical (unpaired) electrons. The van der Waals surface area contributed by atoms with Gasteiger partial charge in [0, 0.05) is 11.4 Å². The van der Waals surface area contributed by atoms with E-state index in [2.05, 4.69) is 0 Å². The molecular weight excluding hydrogens is 292 g/mol. The van der Waals surface area contributed by atoms with E-state index in [1.807, 2.05) is 45.0 Å². The molecule has 5 heteroatoms. The molecule has 4 saturated heterocycles. The summed E-state index contributed by atoms with van der Waals surface area (Å²) in [5.41, 5.74) is 0.801. The highest BCUT2D eigenvalue weighted by Crippen LogP contribution is 2.67. The van der Waals surface area contributed by atoms with Gasteiger partial charge >= 0.3 is 0 Å². The second-order valence-corrected chi connectivity index (χ2v) is 7.22. The molecule has 2 unspecified atom stereocenters. The molecule has 4 nitrogen and oxygen atoms in total. The molecule has 4 aliphatic rings. The average Bonchev–Trinajstić information content (AvgIpc) is 2.55. The van der Waals surface area contributed by atoms with Crippen LogP contribution in [0.4, 0.5) is 0 Å². The monoisotopic (exact) mass is 310 g/mol. The average molecular weight is 311 g/mol. The van der Waals surface area contributed by atoms with Crippen molar-refractivity contribution in [2.45, 2.75) is 57.4 Å². The Kier molecular flexibility index (Phi) is 2.66. The van der Waals surface area contributed by atoms with Gasteiger partial charge in [-0.05, 0) is 51.3 Å². The third-order valence-electron chi connectivity index (χ3n) is 5.34. The van der Waals surface area contributed by atoms with E-state index in [-0.39, 0.29) is 5.41 Å². The first-order valence-corrected chi connectivity index (χ1v) is 7.69. The van der Waals surface area contributed by atoms with E-state index in [1.54, 1.807) is 0 Å². The van der Waals surface area contributed by atoms with Crippen LogP contribution < -0.4 is 0 Å². The minimum absolute atomic E-state index is 0.369. The van der Waals surface area contributed by atoms with Crippen molar-refractivity contribution in [2.24, 2.45) is 5.41 Å². The summed E-state index contributed by atoms with van der Waals surface area (Å²) < 4.78 is 12.2. The highest BCUT2D eigenvalue weighted by molar-refractivity contribution is 6.30. The molecule has 1 aromatic carbocycles. The highest BCUT2D eigenvalue weighted by atomic mass is 35.5. The van der Waals surface area contributed by atoms with Gasteiger partial charge in [-0.1, -0.05) is 23.7 Å². The first-order chi connectivity index (χ1) is 9.80. The third-order valence-corrected chi connectivity index (χ3v) is 5.60. The van der Waals surface area contributed by atoms with Crippen LogP contribution in [0, 0.1) is 5.41 Å². The molecule has 0 saturated carbocycles. The maximum atomic E-state index is 6.12. The molecule has 0 N–H and O–H groups in total. The lowest BCUT2D eigenvalue weighted by molar-refractivity contribution is -0.454. The van der Waals surface area contributed by atoms with Crippen LogP contribution in [-0.4, -0.2) is 17.4 Å². The van der Waals surface area contributed by atoms with Crippen LogP contribution in [-0.2, 0) is 25.7 Å². The summed E-state index contributed by atoms with van der Waals surface area (Å²) >= 11 is 5.97. The van der Waals surface area contributed by atoms with E-state index in [4.69, 9.17) is 30.8 Å².